The fourth-order valence-corrected chi connectivity index (χ4v) is 4.54. The van der Waals surface area contributed by atoms with E-state index in [1.807, 2.05) is 0 Å². The first kappa shape index (κ1) is 15.9. The van der Waals surface area contributed by atoms with Crippen molar-refractivity contribution in [2.75, 3.05) is 0 Å². The predicted molar refractivity (Wildman–Crippen MR) is 72.9 cm³/mol. The Bertz CT molecular complexity index is 411. The second-order valence-electron chi connectivity index (χ2n) is 7.62. The predicted octanol–water partition coefficient (Wildman–Crippen LogP) is 0.235. The standard InChI is InChI=1S/C15H26O5/c1-13(2,19)10-8(16)7-14(3)9(17)5-6-15(4,20)12(14)11(10)18/h8,10-12,16,18-20H,5-7H2,1-4H3/t8-,10+,11+,12+,14-,15-/m0/s1. The van der Waals surface area contributed by atoms with E-state index in [1.54, 1.807) is 13.8 Å². The number of hydrogen-bond acceptors (Lipinski definition) is 5. The van der Waals surface area contributed by atoms with Crippen molar-refractivity contribution in [3.63, 3.8) is 0 Å². The van der Waals surface area contributed by atoms with Gasteiger partial charge >= 0.3 is 0 Å². The number of carbonyl (C=O) groups is 1. The fourth-order valence-electron chi connectivity index (χ4n) is 4.54. The van der Waals surface area contributed by atoms with Gasteiger partial charge in [-0.05, 0) is 33.6 Å². The maximum Gasteiger partial charge on any atom is 0.139 e. The molecule has 2 rings (SSSR count). The van der Waals surface area contributed by atoms with Crippen molar-refractivity contribution in [1.82, 2.24) is 0 Å². The van der Waals surface area contributed by atoms with Gasteiger partial charge in [0.05, 0.1) is 23.4 Å². The van der Waals surface area contributed by atoms with Gasteiger partial charge in [0.25, 0.3) is 0 Å². The maximum absolute atomic E-state index is 12.3. The van der Waals surface area contributed by atoms with Crippen LogP contribution in [0.15, 0.2) is 0 Å². The molecule has 2 aliphatic carbocycles. The Labute approximate surface area is 119 Å². The molecule has 0 aliphatic heterocycles. The Morgan fingerprint density at radius 3 is 2.30 bits per heavy atom. The van der Waals surface area contributed by atoms with Crippen LogP contribution < -0.4 is 0 Å². The highest BCUT2D eigenvalue weighted by Gasteiger charge is 2.63. The van der Waals surface area contributed by atoms with Gasteiger partial charge < -0.3 is 20.4 Å². The Kier molecular flexibility index (Phi) is 3.58. The molecule has 0 aromatic rings. The molecule has 0 bridgehead atoms. The van der Waals surface area contributed by atoms with Crippen LogP contribution in [-0.2, 0) is 4.79 Å². The van der Waals surface area contributed by atoms with Crippen LogP contribution in [0.25, 0.3) is 0 Å². The molecule has 0 heterocycles. The average Bonchev–Trinajstić information content (AvgIpc) is 2.20. The van der Waals surface area contributed by atoms with Crippen molar-refractivity contribution in [2.45, 2.75) is 70.4 Å². The number of aliphatic hydroxyl groups excluding tert-OH is 2. The van der Waals surface area contributed by atoms with Crippen LogP contribution in [0.2, 0.25) is 0 Å². The minimum absolute atomic E-state index is 0.0266. The topological polar surface area (TPSA) is 98.0 Å². The summed E-state index contributed by atoms with van der Waals surface area (Å²) in [4.78, 5) is 12.3. The first-order valence-electron chi connectivity index (χ1n) is 7.25. The van der Waals surface area contributed by atoms with E-state index in [2.05, 4.69) is 0 Å². The van der Waals surface area contributed by atoms with Gasteiger partial charge in [0.1, 0.15) is 5.78 Å². The summed E-state index contributed by atoms with van der Waals surface area (Å²) >= 11 is 0. The minimum Gasteiger partial charge on any atom is -0.393 e. The van der Waals surface area contributed by atoms with Gasteiger partial charge in [0.2, 0.25) is 0 Å². The molecule has 0 spiro atoms. The molecule has 20 heavy (non-hydrogen) atoms. The first-order valence-corrected chi connectivity index (χ1v) is 7.25. The lowest BCUT2D eigenvalue weighted by Crippen LogP contribution is -2.67. The van der Waals surface area contributed by atoms with Crippen LogP contribution >= 0.6 is 0 Å². The van der Waals surface area contributed by atoms with Crippen LogP contribution in [0.1, 0.15) is 47.0 Å². The third-order valence-electron chi connectivity index (χ3n) is 5.42. The lowest BCUT2D eigenvalue weighted by atomic mass is 9.50. The van der Waals surface area contributed by atoms with Gasteiger partial charge in [-0.3, -0.25) is 4.79 Å². The number of hydrogen-bond donors (Lipinski definition) is 4. The Morgan fingerprint density at radius 1 is 1.25 bits per heavy atom. The molecule has 2 aliphatic rings. The van der Waals surface area contributed by atoms with E-state index in [-0.39, 0.29) is 18.6 Å². The van der Waals surface area contributed by atoms with Crippen molar-refractivity contribution >= 4 is 5.78 Å². The molecule has 0 unspecified atom stereocenters. The van der Waals surface area contributed by atoms with E-state index in [4.69, 9.17) is 0 Å². The van der Waals surface area contributed by atoms with Crippen molar-refractivity contribution in [3.05, 3.63) is 0 Å². The first-order chi connectivity index (χ1) is 8.91. The molecule has 0 saturated heterocycles. The van der Waals surface area contributed by atoms with Crippen LogP contribution in [0.3, 0.4) is 0 Å². The number of carbonyl (C=O) groups excluding carboxylic acids is 1. The van der Waals surface area contributed by atoms with E-state index in [0.29, 0.717) is 6.42 Å². The number of rotatable bonds is 1. The quantitative estimate of drug-likeness (QED) is 0.553. The van der Waals surface area contributed by atoms with E-state index in [0.717, 1.165) is 0 Å². The highest BCUT2D eigenvalue weighted by molar-refractivity contribution is 5.86. The molecule has 2 fully saturated rings. The van der Waals surface area contributed by atoms with Gasteiger partial charge in [-0.15, -0.1) is 0 Å². The van der Waals surface area contributed by atoms with Crippen molar-refractivity contribution < 1.29 is 25.2 Å². The van der Waals surface area contributed by atoms with Gasteiger partial charge in [-0.25, -0.2) is 0 Å². The molecule has 4 N–H and O–H groups in total. The molecule has 116 valence electrons. The zero-order valence-corrected chi connectivity index (χ0v) is 12.6. The summed E-state index contributed by atoms with van der Waals surface area (Å²) in [7, 11) is 0. The number of fused-ring (bicyclic) bond motifs is 1. The summed E-state index contributed by atoms with van der Waals surface area (Å²) in [5.74, 6) is -1.48. The minimum atomic E-state index is -1.28. The Morgan fingerprint density at radius 2 is 1.80 bits per heavy atom. The number of ketones is 1. The third kappa shape index (κ3) is 2.21. The van der Waals surface area contributed by atoms with E-state index < -0.39 is 40.7 Å². The van der Waals surface area contributed by atoms with Crippen molar-refractivity contribution in [2.24, 2.45) is 17.3 Å². The summed E-state index contributed by atoms with van der Waals surface area (Å²) < 4.78 is 0. The largest absolute Gasteiger partial charge is 0.393 e. The second-order valence-corrected chi connectivity index (χ2v) is 7.62. The molecule has 0 radical (unpaired) electrons. The molecule has 6 atom stereocenters. The van der Waals surface area contributed by atoms with Gasteiger partial charge in [-0.1, -0.05) is 6.92 Å². The lowest BCUT2D eigenvalue weighted by Gasteiger charge is -2.58. The van der Waals surface area contributed by atoms with Crippen LogP contribution in [0.5, 0.6) is 0 Å². The lowest BCUT2D eigenvalue weighted by molar-refractivity contribution is -0.227. The third-order valence-corrected chi connectivity index (χ3v) is 5.42. The molecular weight excluding hydrogens is 260 g/mol. The average molecular weight is 286 g/mol. The summed E-state index contributed by atoms with van der Waals surface area (Å²) in [5.41, 5.74) is -3.40. The molecule has 5 heteroatoms. The van der Waals surface area contributed by atoms with Gasteiger partial charge in [-0.2, -0.15) is 0 Å². The molecule has 0 aromatic carbocycles. The summed E-state index contributed by atoms with van der Waals surface area (Å²) in [6.45, 7) is 6.41. The summed E-state index contributed by atoms with van der Waals surface area (Å²) in [6.07, 6.45) is -1.37. The molecule has 0 amide bonds. The summed E-state index contributed by atoms with van der Waals surface area (Å²) in [6, 6.07) is 0. The monoisotopic (exact) mass is 286 g/mol. The molecule has 0 aromatic heterocycles. The Balaban J connectivity index is 2.47. The molecule has 5 nitrogen and oxygen atoms in total. The second kappa shape index (κ2) is 4.50. The maximum atomic E-state index is 12.3. The number of aliphatic hydroxyl groups is 4. The molecule has 2 saturated carbocycles. The smallest absolute Gasteiger partial charge is 0.139 e. The van der Waals surface area contributed by atoms with Gasteiger partial charge in [0, 0.05) is 23.7 Å². The van der Waals surface area contributed by atoms with Crippen molar-refractivity contribution in [3.8, 4) is 0 Å². The Hall–Kier alpha value is -0.490. The van der Waals surface area contributed by atoms with E-state index in [9.17, 15) is 25.2 Å². The summed E-state index contributed by atoms with van der Waals surface area (Å²) in [5, 5.41) is 41.8. The fraction of sp³-hybridized carbons (Fsp3) is 0.933. The molecular formula is C15H26O5. The normalized spacial score (nSPS) is 49.9. The van der Waals surface area contributed by atoms with E-state index >= 15 is 0 Å². The van der Waals surface area contributed by atoms with Crippen LogP contribution in [0.4, 0.5) is 0 Å². The highest BCUT2D eigenvalue weighted by Crippen LogP contribution is 2.55. The zero-order valence-electron chi connectivity index (χ0n) is 12.6. The highest BCUT2D eigenvalue weighted by atomic mass is 16.3. The van der Waals surface area contributed by atoms with Crippen LogP contribution in [-0.4, -0.2) is 49.6 Å². The zero-order chi connectivity index (χ0) is 15.5. The van der Waals surface area contributed by atoms with Crippen molar-refractivity contribution in [1.29, 1.82) is 0 Å². The van der Waals surface area contributed by atoms with E-state index in [1.165, 1.54) is 13.8 Å². The number of Topliss-reactive ketones (excluding diaryl/α,β-unsaturated/α-hetero) is 1. The van der Waals surface area contributed by atoms with Gasteiger partial charge in [0.15, 0.2) is 0 Å². The SMILES string of the molecule is CC(C)(O)[C@H]1[C@@H](O)[C@H]2[C@@](C)(O)CCC(=O)[C@]2(C)C[C@@H]1O. The van der Waals surface area contributed by atoms with Crippen LogP contribution in [0, 0.1) is 17.3 Å².